The van der Waals surface area contributed by atoms with Crippen LogP contribution in [0.5, 0.6) is 0 Å². The molecule has 9 aromatic rings. The number of anilines is 3. The van der Waals surface area contributed by atoms with Crippen LogP contribution in [0.1, 0.15) is 47.9 Å². The third-order valence-electron chi connectivity index (χ3n) is 13.5. The van der Waals surface area contributed by atoms with Gasteiger partial charge in [0.25, 0.3) is 0 Å². The summed E-state index contributed by atoms with van der Waals surface area (Å²) >= 11 is 1.89. The van der Waals surface area contributed by atoms with Crippen molar-refractivity contribution in [3.63, 3.8) is 0 Å². The van der Waals surface area contributed by atoms with Crippen molar-refractivity contribution in [1.82, 2.24) is 0 Å². The second kappa shape index (κ2) is 12.1. The van der Waals surface area contributed by atoms with E-state index in [1.807, 2.05) is 11.3 Å². The third-order valence-corrected chi connectivity index (χ3v) is 14.6. The average molecular weight is 734 g/mol. The van der Waals surface area contributed by atoms with Gasteiger partial charge in [-0.25, -0.2) is 0 Å². The molecule has 12 rings (SSSR count). The van der Waals surface area contributed by atoms with Gasteiger partial charge in [0.05, 0.1) is 5.69 Å². The first-order chi connectivity index (χ1) is 27.7. The summed E-state index contributed by atoms with van der Waals surface area (Å²) in [5.74, 6) is 0. The monoisotopic (exact) mass is 733 g/mol. The lowest BCUT2D eigenvalue weighted by molar-refractivity contribution is 0.265. The predicted molar refractivity (Wildman–Crippen MR) is 237 cm³/mol. The Labute approximate surface area is 332 Å². The summed E-state index contributed by atoms with van der Waals surface area (Å²) in [6.45, 7) is 0. The standard InChI is InChI=1S/C54H39NS/c1-2-14-36(15-3-1)37-16-12-17-38(34-37)55(49-25-13-27-51-52(49)44-21-7-11-26-50(44)56-51)39-28-29-43-42-20-6-10-24-47(42)54(48(43)35-39)32-30-53(31-33-54)45-22-8-4-18-40(45)41-19-5-9-23-46(41)53/h1-29,34-35H,30-33H2. The van der Waals surface area contributed by atoms with E-state index in [2.05, 4.69) is 193 Å². The van der Waals surface area contributed by atoms with E-state index in [0.29, 0.717) is 0 Å². The predicted octanol–water partition coefficient (Wildman–Crippen LogP) is 15.0. The highest BCUT2D eigenvalue weighted by atomic mass is 32.1. The zero-order chi connectivity index (χ0) is 36.8. The van der Waals surface area contributed by atoms with Crippen molar-refractivity contribution >= 4 is 48.6 Å². The van der Waals surface area contributed by atoms with Gasteiger partial charge < -0.3 is 4.90 Å². The van der Waals surface area contributed by atoms with E-state index in [1.165, 1.54) is 92.9 Å². The number of nitrogens with zero attached hydrogens (tertiary/aromatic N) is 1. The van der Waals surface area contributed by atoms with Crippen LogP contribution in [0.15, 0.2) is 188 Å². The maximum Gasteiger partial charge on any atom is 0.0554 e. The number of rotatable bonds is 4. The third kappa shape index (κ3) is 4.48. The molecule has 0 bridgehead atoms. The van der Waals surface area contributed by atoms with Crippen molar-refractivity contribution in [2.45, 2.75) is 36.5 Å². The van der Waals surface area contributed by atoms with E-state index in [9.17, 15) is 0 Å². The van der Waals surface area contributed by atoms with Crippen LogP contribution in [0.2, 0.25) is 0 Å². The minimum absolute atomic E-state index is 0.0489. The molecule has 1 fully saturated rings. The Balaban J connectivity index is 1.05. The summed E-state index contributed by atoms with van der Waals surface area (Å²) in [7, 11) is 0. The number of thiophene rings is 1. The SMILES string of the molecule is c1ccc(-c2cccc(N(c3ccc4c(c3)C3(CCC5(CC3)c3ccccc3-c3ccccc35)c3ccccc3-4)c3cccc4sc5ccccc5c34)c2)cc1. The molecule has 0 amide bonds. The fourth-order valence-corrected chi connectivity index (χ4v) is 12.1. The Morgan fingerprint density at radius 3 is 1.59 bits per heavy atom. The fourth-order valence-electron chi connectivity index (χ4n) is 11.0. The summed E-state index contributed by atoms with van der Waals surface area (Å²) in [4.78, 5) is 2.54. The van der Waals surface area contributed by atoms with E-state index in [1.54, 1.807) is 0 Å². The molecule has 1 aromatic heterocycles. The molecule has 0 atom stereocenters. The quantitative estimate of drug-likeness (QED) is 0.174. The molecule has 1 heterocycles. The van der Waals surface area contributed by atoms with E-state index >= 15 is 0 Å². The van der Waals surface area contributed by atoms with Gasteiger partial charge in [0.2, 0.25) is 0 Å². The molecule has 0 radical (unpaired) electrons. The molecule has 0 unspecified atom stereocenters. The van der Waals surface area contributed by atoms with Gasteiger partial charge in [-0.05, 0) is 124 Å². The lowest BCUT2D eigenvalue weighted by atomic mass is 9.57. The summed E-state index contributed by atoms with van der Waals surface area (Å²) in [5.41, 5.74) is 17.7. The minimum Gasteiger partial charge on any atom is -0.310 e. The van der Waals surface area contributed by atoms with Crippen LogP contribution in [0.25, 0.3) is 53.6 Å². The molecular weight excluding hydrogens is 695 g/mol. The van der Waals surface area contributed by atoms with E-state index in [-0.39, 0.29) is 10.8 Å². The summed E-state index contributed by atoms with van der Waals surface area (Å²) in [6, 6.07) is 70.8. The molecule has 0 aliphatic heterocycles. The lowest BCUT2D eigenvalue weighted by Crippen LogP contribution is -2.39. The number of fused-ring (bicyclic) bond motifs is 13. The van der Waals surface area contributed by atoms with Crippen LogP contribution in [0.4, 0.5) is 17.1 Å². The van der Waals surface area contributed by atoms with Gasteiger partial charge in [-0.1, -0.05) is 146 Å². The normalized spacial score (nSPS) is 15.5. The molecule has 2 heteroatoms. The van der Waals surface area contributed by atoms with Gasteiger partial charge >= 0.3 is 0 Å². The Bertz CT molecular complexity index is 2950. The zero-order valence-corrected chi connectivity index (χ0v) is 31.9. The smallest absolute Gasteiger partial charge is 0.0554 e. The fraction of sp³-hybridized carbons (Fsp3) is 0.111. The number of benzene rings is 8. The van der Waals surface area contributed by atoms with Crippen LogP contribution < -0.4 is 4.90 Å². The molecule has 266 valence electrons. The number of hydrogen-bond acceptors (Lipinski definition) is 2. The summed E-state index contributed by atoms with van der Waals surface area (Å²) in [5, 5.41) is 2.63. The average Bonchev–Trinajstić information content (AvgIpc) is 3.88. The lowest BCUT2D eigenvalue weighted by Gasteiger charge is -2.45. The van der Waals surface area contributed by atoms with E-state index in [4.69, 9.17) is 0 Å². The molecule has 1 saturated carbocycles. The molecule has 0 saturated heterocycles. The molecule has 3 aliphatic carbocycles. The maximum absolute atomic E-state index is 2.58. The first kappa shape index (κ1) is 32.1. The molecule has 2 spiro atoms. The highest BCUT2D eigenvalue weighted by Crippen LogP contribution is 2.64. The van der Waals surface area contributed by atoms with E-state index < -0.39 is 0 Å². The Morgan fingerprint density at radius 1 is 0.375 bits per heavy atom. The Kier molecular flexibility index (Phi) is 6.95. The minimum atomic E-state index is -0.0572. The first-order valence-electron chi connectivity index (χ1n) is 20.0. The van der Waals surface area contributed by atoms with Crippen molar-refractivity contribution in [3.05, 3.63) is 210 Å². The number of hydrogen-bond donors (Lipinski definition) is 0. The highest BCUT2D eigenvalue weighted by Gasteiger charge is 2.53. The van der Waals surface area contributed by atoms with Crippen LogP contribution in [-0.2, 0) is 10.8 Å². The first-order valence-corrected chi connectivity index (χ1v) is 20.8. The van der Waals surface area contributed by atoms with Crippen LogP contribution in [0.3, 0.4) is 0 Å². The molecule has 0 N–H and O–H groups in total. The largest absolute Gasteiger partial charge is 0.310 e. The van der Waals surface area contributed by atoms with Crippen LogP contribution in [-0.4, -0.2) is 0 Å². The second-order valence-electron chi connectivity index (χ2n) is 16.0. The van der Waals surface area contributed by atoms with Crippen molar-refractivity contribution in [1.29, 1.82) is 0 Å². The molecule has 1 nitrogen and oxygen atoms in total. The zero-order valence-electron chi connectivity index (χ0n) is 31.1. The van der Waals surface area contributed by atoms with Crippen molar-refractivity contribution in [2.75, 3.05) is 4.90 Å². The second-order valence-corrected chi connectivity index (χ2v) is 17.1. The molecular formula is C54H39NS. The molecule has 3 aliphatic rings. The van der Waals surface area contributed by atoms with Gasteiger partial charge in [-0.15, -0.1) is 11.3 Å². The van der Waals surface area contributed by atoms with E-state index in [0.717, 1.165) is 25.7 Å². The summed E-state index contributed by atoms with van der Waals surface area (Å²) < 4.78 is 2.63. The van der Waals surface area contributed by atoms with Crippen molar-refractivity contribution in [2.24, 2.45) is 0 Å². The van der Waals surface area contributed by atoms with Gasteiger partial charge in [0.15, 0.2) is 0 Å². The van der Waals surface area contributed by atoms with Crippen molar-refractivity contribution in [3.8, 4) is 33.4 Å². The van der Waals surface area contributed by atoms with Crippen LogP contribution in [0, 0.1) is 0 Å². The Morgan fingerprint density at radius 2 is 0.893 bits per heavy atom. The Hall–Kier alpha value is -6.22. The van der Waals surface area contributed by atoms with Crippen molar-refractivity contribution < 1.29 is 0 Å². The van der Waals surface area contributed by atoms with Gasteiger partial charge in [-0.3, -0.25) is 0 Å². The molecule has 56 heavy (non-hydrogen) atoms. The van der Waals surface area contributed by atoms with Gasteiger partial charge in [-0.2, -0.15) is 0 Å². The topological polar surface area (TPSA) is 3.24 Å². The highest BCUT2D eigenvalue weighted by molar-refractivity contribution is 7.26. The van der Waals surface area contributed by atoms with Gasteiger partial charge in [0, 0.05) is 42.4 Å². The molecule has 8 aromatic carbocycles. The van der Waals surface area contributed by atoms with Crippen LogP contribution >= 0.6 is 11.3 Å². The summed E-state index contributed by atoms with van der Waals surface area (Å²) in [6.07, 6.45) is 4.47. The van der Waals surface area contributed by atoms with Gasteiger partial charge in [0.1, 0.15) is 0 Å². The maximum atomic E-state index is 2.58.